The minimum Gasteiger partial charge on any atom is -0.462 e. The Bertz CT molecular complexity index is 2950. The summed E-state index contributed by atoms with van der Waals surface area (Å²) in [6, 6.07) is 0. The maximum Gasteiger partial charge on any atom is 0.472 e. The van der Waals surface area contributed by atoms with Crippen LogP contribution in [0.3, 0.4) is 0 Å². The van der Waals surface area contributed by atoms with E-state index in [1.54, 1.807) is 0 Å². The number of allylic oxidation sites excluding steroid dienone is 36. The molecule has 0 fully saturated rings. The molecule has 0 amide bonds. The lowest BCUT2D eigenvalue weighted by atomic mass is 10.1. The predicted octanol–water partition coefficient (Wildman–Crippen LogP) is 24.4. The largest absolute Gasteiger partial charge is 0.472 e. The molecule has 0 rings (SSSR count). The first kappa shape index (κ1) is 103. The minimum atomic E-state index is -5.03. The second kappa shape index (κ2) is 80.4. The van der Waals surface area contributed by atoms with Crippen LogP contribution in [0.25, 0.3) is 0 Å². The van der Waals surface area contributed by atoms with Gasteiger partial charge in [-0.2, -0.15) is 0 Å². The van der Waals surface area contributed by atoms with Crippen LogP contribution in [-0.2, 0) is 65.4 Å². The molecule has 0 bridgehead atoms. The Hall–Kier alpha value is -6.62. The average molecular weight is 1570 g/mol. The van der Waals surface area contributed by atoms with Crippen molar-refractivity contribution in [1.82, 2.24) is 0 Å². The predicted molar refractivity (Wildman–Crippen MR) is 454 cm³/mol. The molecule has 19 heteroatoms. The van der Waals surface area contributed by atoms with E-state index in [2.05, 4.69) is 198 Å². The van der Waals surface area contributed by atoms with Gasteiger partial charge < -0.3 is 33.8 Å². The standard InChI is InChI=1S/C91H142O17P2/c1-5-9-13-17-21-25-29-33-37-40-42-45-48-51-55-59-63-67-71-75-88(93)101-81-86(107-90(95)77-73-69-65-61-57-53-47-36-32-28-24-20-16-12-8-4)83-105-109(97,98)103-79-85(92)80-104-110(99,100)106-84-87(108-91(96)78-74-70-66-62-58-54-50-44-39-35-31-27-23-19-15-11-7-3)82-102-89(94)76-72-68-64-60-56-52-49-46-43-41-38-34-30-26-22-18-14-10-6-2/h9-11,13-15,21-23,25-27,33-39,42-43,45-47,50-52,54-56,62-64,66-68,85-87,92H,5-8,12,16-20,24,28-32,40-41,44,48-49,53,57-61,65,69-84H2,1-4H3,(H,97,98)(H,99,100)/b13-9-,14-10-,15-11-,25-21-,26-22-,27-23-,37-33-,38-34-,39-35-,45-42-,46-43-,47-36-,54-50-,55-51-,56-52-,66-62-,67-63-,68-64-. The Morgan fingerprint density at radius 3 is 0.809 bits per heavy atom. The summed E-state index contributed by atoms with van der Waals surface area (Å²) in [5.74, 6) is -2.48. The fraction of sp³-hybridized carbons (Fsp3) is 0.560. The number of unbranched alkanes of at least 4 members (excludes halogenated alkanes) is 12. The Morgan fingerprint density at radius 1 is 0.264 bits per heavy atom. The number of ether oxygens (including phenoxy) is 4. The SMILES string of the molecule is CC/C=C\C/C=C\C/C=C\C/C=C\C/C=C\C/C=C\CCC(=O)OCC(COP(=O)(O)OCC(O)COP(=O)(O)OCC(COC(=O)CC/C=C\C/C=C\C/C=C\C/C=C\C/C=C\C/C=C\CC)OC(=O)CCCCCCC/C=C\CCCCCCCC)OC(=O)CCC/C=C\C/C=C\C/C=C\C/C=C\C/C=C\CC. The molecule has 0 saturated carbocycles. The van der Waals surface area contributed by atoms with Gasteiger partial charge in [0.15, 0.2) is 12.2 Å². The summed E-state index contributed by atoms with van der Waals surface area (Å²) < 4.78 is 68.5. The quantitative estimate of drug-likeness (QED) is 0.0169. The van der Waals surface area contributed by atoms with Crippen molar-refractivity contribution in [2.45, 2.75) is 290 Å². The van der Waals surface area contributed by atoms with E-state index in [1.807, 2.05) is 48.6 Å². The van der Waals surface area contributed by atoms with Gasteiger partial charge in [0.1, 0.15) is 19.3 Å². The van der Waals surface area contributed by atoms with Crippen LogP contribution in [0.4, 0.5) is 0 Å². The van der Waals surface area contributed by atoms with E-state index < -0.39 is 97.5 Å². The number of aliphatic hydroxyl groups excluding tert-OH is 1. The molecule has 0 aromatic heterocycles. The van der Waals surface area contributed by atoms with Crippen molar-refractivity contribution in [3.8, 4) is 0 Å². The lowest BCUT2D eigenvalue weighted by molar-refractivity contribution is -0.161. The highest BCUT2D eigenvalue weighted by Gasteiger charge is 2.30. The first-order chi connectivity index (χ1) is 53.7. The van der Waals surface area contributed by atoms with Gasteiger partial charge in [0, 0.05) is 25.7 Å². The van der Waals surface area contributed by atoms with Crippen molar-refractivity contribution >= 4 is 39.5 Å². The van der Waals surface area contributed by atoms with Gasteiger partial charge in [-0.1, -0.05) is 298 Å². The summed E-state index contributed by atoms with van der Waals surface area (Å²) in [7, 11) is -10.0. The summed E-state index contributed by atoms with van der Waals surface area (Å²) in [5.41, 5.74) is 0. The molecule has 110 heavy (non-hydrogen) atoms. The number of aliphatic hydroxyl groups is 1. The summed E-state index contributed by atoms with van der Waals surface area (Å²) in [5, 5.41) is 10.7. The molecule has 0 aromatic carbocycles. The van der Waals surface area contributed by atoms with Crippen LogP contribution in [0.1, 0.15) is 272 Å². The third kappa shape index (κ3) is 79.5. The maximum absolute atomic E-state index is 13.1. The Balaban J connectivity index is 5.59. The number of hydrogen-bond acceptors (Lipinski definition) is 15. The normalized spacial score (nSPS) is 14.9. The Kier molecular flexibility index (Phi) is 75.6. The monoisotopic (exact) mass is 1570 g/mol. The van der Waals surface area contributed by atoms with Crippen molar-refractivity contribution in [3.63, 3.8) is 0 Å². The number of rotatable bonds is 74. The highest BCUT2D eigenvalue weighted by atomic mass is 31.2. The molecule has 0 radical (unpaired) electrons. The number of carbonyl (C=O) groups excluding carboxylic acids is 4. The van der Waals surface area contributed by atoms with Crippen LogP contribution in [0.5, 0.6) is 0 Å². The molecule has 0 saturated heterocycles. The fourth-order valence-electron chi connectivity index (χ4n) is 9.83. The molecular weight excluding hydrogens is 1430 g/mol. The lowest BCUT2D eigenvalue weighted by Crippen LogP contribution is -2.30. The van der Waals surface area contributed by atoms with E-state index in [4.69, 9.17) is 37.0 Å². The minimum absolute atomic E-state index is 0.0108. The zero-order valence-corrected chi connectivity index (χ0v) is 69.4. The zero-order chi connectivity index (χ0) is 80.3. The van der Waals surface area contributed by atoms with Gasteiger partial charge in [0.05, 0.1) is 26.4 Å². The summed E-state index contributed by atoms with van der Waals surface area (Å²) >= 11 is 0. The summed E-state index contributed by atoms with van der Waals surface area (Å²) in [4.78, 5) is 73.1. The second-order valence-electron chi connectivity index (χ2n) is 26.2. The van der Waals surface area contributed by atoms with Gasteiger partial charge in [-0.05, 0) is 167 Å². The van der Waals surface area contributed by atoms with Gasteiger partial charge in [-0.25, -0.2) is 9.13 Å². The molecule has 0 heterocycles. The van der Waals surface area contributed by atoms with E-state index in [0.717, 1.165) is 135 Å². The van der Waals surface area contributed by atoms with E-state index in [9.17, 15) is 43.2 Å². The van der Waals surface area contributed by atoms with E-state index in [1.165, 1.54) is 38.5 Å². The van der Waals surface area contributed by atoms with Crippen LogP contribution < -0.4 is 0 Å². The van der Waals surface area contributed by atoms with Gasteiger partial charge in [0.25, 0.3) is 0 Å². The molecule has 0 aromatic rings. The molecular formula is C91H142O17P2. The highest BCUT2D eigenvalue weighted by molar-refractivity contribution is 7.47. The molecule has 618 valence electrons. The molecule has 5 unspecified atom stereocenters. The van der Waals surface area contributed by atoms with Crippen LogP contribution in [0.2, 0.25) is 0 Å². The smallest absolute Gasteiger partial charge is 0.462 e. The van der Waals surface area contributed by atoms with Gasteiger partial charge in [0.2, 0.25) is 0 Å². The molecule has 0 aliphatic heterocycles. The first-order valence-electron chi connectivity index (χ1n) is 41.0. The van der Waals surface area contributed by atoms with Crippen molar-refractivity contribution in [3.05, 3.63) is 219 Å². The van der Waals surface area contributed by atoms with Crippen molar-refractivity contribution < 1.29 is 80.2 Å². The van der Waals surface area contributed by atoms with Crippen LogP contribution >= 0.6 is 15.6 Å². The van der Waals surface area contributed by atoms with E-state index in [0.29, 0.717) is 44.9 Å². The van der Waals surface area contributed by atoms with Gasteiger partial charge >= 0.3 is 39.5 Å². The van der Waals surface area contributed by atoms with Gasteiger partial charge in [-0.15, -0.1) is 0 Å². The highest BCUT2D eigenvalue weighted by Crippen LogP contribution is 2.45. The fourth-order valence-corrected chi connectivity index (χ4v) is 11.4. The van der Waals surface area contributed by atoms with E-state index >= 15 is 0 Å². The number of phosphoric acid groups is 2. The van der Waals surface area contributed by atoms with Crippen LogP contribution in [-0.4, -0.2) is 96.7 Å². The molecule has 0 aliphatic rings. The lowest BCUT2D eigenvalue weighted by Gasteiger charge is -2.21. The summed E-state index contributed by atoms with van der Waals surface area (Å²) in [6.45, 7) is 4.25. The molecule has 0 spiro atoms. The molecule has 17 nitrogen and oxygen atoms in total. The molecule has 5 atom stereocenters. The average Bonchev–Trinajstić information content (AvgIpc) is 0.906. The maximum atomic E-state index is 13.1. The first-order valence-corrected chi connectivity index (χ1v) is 44.0. The number of hydrogen-bond donors (Lipinski definition) is 3. The Labute approximate surface area is 664 Å². The number of phosphoric ester groups is 2. The van der Waals surface area contributed by atoms with E-state index in [-0.39, 0.29) is 25.7 Å². The van der Waals surface area contributed by atoms with Crippen LogP contribution in [0, 0.1) is 0 Å². The third-order valence-corrected chi connectivity index (χ3v) is 17.8. The molecule has 3 N–H and O–H groups in total. The summed E-state index contributed by atoms with van der Waals surface area (Å²) in [6.07, 6.45) is 102. The number of esters is 4. The molecule has 0 aliphatic carbocycles. The second-order valence-corrected chi connectivity index (χ2v) is 29.1. The van der Waals surface area contributed by atoms with Crippen LogP contribution in [0.15, 0.2) is 219 Å². The Morgan fingerprint density at radius 2 is 0.500 bits per heavy atom. The third-order valence-electron chi connectivity index (χ3n) is 15.9. The zero-order valence-electron chi connectivity index (χ0n) is 67.6. The van der Waals surface area contributed by atoms with Crippen molar-refractivity contribution in [1.29, 1.82) is 0 Å². The number of carbonyl (C=O) groups is 4. The van der Waals surface area contributed by atoms with Crippen molar-refractivity contribution in [2.75, 3.05) is 39.6 Å². The van der Waals surface area contributed by atoms with Gasteiger partial charge in [-0.3, -0.25) is 37.3 Å². The van der Waals surface area contributed by atoms with Crippen molar-refractivity contribution in [2.24, 2.45) is 0 Å². The topological polar surface area (TPSA) is 237 Å².